The van der Waals surface area contributed by atoms with Gasteiger partial charge in [0.2, 0.25) is 0 Å². The van der Waals surface area contributed by atoms with E-state index in [4.69, 9.17) is 0 Å². The van der Waals surface area contributed by atoms with Crippen LogP contribution in [0.5, 0.6) is 0 Å². The van der Waals surface area contributed by atoms with Crippen LogP contribution in [-0.4, -0.2) is 30.0 Å². The van der Waals surface area contributed by atoms with E-state index in [1.165, 1.54) is 32.1 Å². The summed E-state index contributed by atoms with van der Waals surface area (Å²) in [4.78, 5) is 12.1. The van der Waals surface area contributed by atoms with Gasteiger partial charge in [0, 0.05) is 5.56 Å². The van der Waals surface area contributed by atoms with Crippen LogP contribution in [0.1, 0.15) is 48.0 Å². The third-order valence-electron chi connectivity index (χ3n) is 4.00. The van der Waals surface area contributed by atoms with Gasteiger partial charge in [0.15, 0.2) is 5.52 Å². The van der Waals surface area contributed by atoms with Crippen molar-refractivity contribution in [2.24, 2.45) is 0 Å². The van der Waals surface area contributed by atoms with E-state index in [9.17, 15) is 4.79 Å². The van der Waals surface area contributed by atoms with Gasteiger partial charge < -0.3 is 0 Å². The maximum Gasteiger partial charge on any atom is -0.0623 e. The van der Waals surface area contributed by atoms with Crippen LogP contribution < -0.4 is 0 Å². The molecular formula is C20H26LiOP. The Morgan fingerprint density at radius 2 is 1.39 bits per heavy atom. The molecule has 0 aromatic heterocycles. The minimum absolute atomic E-state index is 0. The SMILES string of the molecule is Cc1ccccc1C(=O)PC1CCCCC1.[LiH].c1ccccc1. The molecule has 1 fully saturated rings. The van der Waals surface area contributed by atoms with Gasteiger partial charge in [0.25, 0.3) is 0 Å². The van der Waals surface area contributed by atoms with Gasteiger partial charge in [-0.15, -0.1) is 0 Å². The third-order valence-corrected chi connectivity index (χ3v) is 5.51. The molecule has 3 heteroatoms. The number of benzene rings is 2. The van der Waals surface area contributed by atoms with E-state index in [0.717, 1.165) is 11.1 Å². The Hall–Kier alpha value is -0.863. The molecule has 0 N–H and O–H groups in total. The molecule has 0 saturated heterocycles. The van der Waals surface area contributed by atoms with Crippen molar-refractivity contribution in [3.05, 3.63) is 71.8 Å². The summed E-state index contributed by atoms with van der Waals surface area (Å²) in [5.41, 5.74) is 3.09. The average molecular weight is 320 g/mol. The van der Waals surface area contributed by atoms with Crippen LogP contribution in [0.15, 0.2) is 60.7 Å². The van der Waals surface area contributed by atoms with Crippen molar-refractivity contribution in [1.82, 2.24) is 0 Å². The van der Waals surface area contributed by atoms with Crippen LogP contribution in [0.3, 0.4) is 0 Å². The molecule has 0 spiro atoms. The average Bonchev–Trinajstić information content (AvgIpc) is 2.58. The standard InChI is InChI=1S/C14H19OP.C6H6.Li.H/c1-11-7-5-6-10-13(11)14(15)16-12-8-3-2-4-9-12;1-2-4-6-5-3-1;;/h5-7,10,12,16H,2-4,8-9H2,1H3;1-6H;;. The van der Waals surface area contributed by atoms with Crippen molar-refractivity contribution in [1.29, 1.82) is 0 Å². The molecule has 1 aliphatic carbocycles. The fraction of sp³-hybridized carbons (Fsp3) is 0.350. The maximum absolute atomic E-state index is 12.1. The second-order valence-corrected chi connectivity index (χ2v) is 7.34. The topological polar surface area (TPSA) is 17.1 Å². The van der Waals surface area contributed by atoms with Gasteiger partial charge in [-0.3, -0.25) is 4.79 Å². The van der Waals surface area contributed by atoms with E-state index in [-0.39, 0.29) is 18.9 Å². The van der Waals surface area contributed by atoms with Gasteiger partial charge in [0.1, 0.15) is 0 Å². The van der Waals surface area contributed by atoms with E-state index in [1.807, 2.05) is 67.6 Å². The van der Waals surface area contributed by atoms with Crippen molar-refractivity contribution in [2.45, 2.75) is 44.7 Å². The zero-order chi connectivity index (χ0) is 15.6. The largest absolute Gasteiger partial charge is 0.0623 e. The number of hydrogen-bond acceptors (Lipinski definition) is 1. The first-order valence-electron chi connectivity index (χ1n) is 8.14. The van der Waals surface area contributed by atoms with Gasteiger partial charge in [-0.2, -0.15) is 0 Å². The van der Waals surface area contributed by atoms with Gasteiger partial charge in [-0.1, -0.05) is 79.9 Å². The molecule has 2 aromatic carbocycles. The molecule has 1 unspecified atom stereocenters. The van der Waals surface area contributed by atoms with Crippen LogP contribution in [0.25, 0.3) is 0 Å². The number of carbonyl (C=O) groups excluding carboxylic acids is 1. The summed E-state index contributed by atoms with van der Waals surface area (Å²) in [5, 5.41) is 0. The summed E-state index contributed by atoms with van der Waals surface area (Å²) in [5.74, 6) is 0. The molecule has 0 radical (unpaired) electrons. The van der Waals surface area contributed by atoms with Crippen molar-refractivity contribution in [2.75, 3.05) is 0 Å². The molecule has 1 saturated carbocycles. The first-order valence-corrected chi connectivity index (χ1v) is 9.21. The first-order chi connectivity index (χ1) is 10.8. The second-order valence-electron chi connectivity index (χ2n) is 5.78. The molecule has 1 nitrogen and oxygen atoms in total. The van der Waals surface area contributed by atoms with Gasteiger partial charge in [-0.25, -0.2) is 0 Å². The van der Waals surface area contributed by atoms with Gasteiger partial charge in [0.05, 0.1) is 0 Å². The van der Waals surface area contributed by atoms with Crippen molar-refractivity contribution >= 4 is 33.0 Å². The van der Waals surface area contributed by atoms with Crippen molar-refractivity contribution < 1.29 is 4.79 Å². The third kappa shape index (κ3) is 7.50. The van der Waals surface area contributed by atoms with Crippen molar-refractivity contribution in [3.8, 4) is 0 Å². The Morgan fingerprint density at radius 3 is 1.91 bits per heavy atom. The van der Waals surface area contributed by atoms with Gasteiger partial charge in [-0.05, 0) is 39.6 Å². The monoisotopic (exact) mass is 320 g/mol. The minimum Gasteiger partial charge on any atom is -0.0623 e. The zero-order valence-corrected chi connectivity index (χ0v) is 14.3. The number of aryl methyl sites for hydroxylation is 1. The fourth-order valence-corrected chi connectivity index (χ4v) is 4.23. The van der Waals surface area contributed by atoms with E-state index in [2.05, 4.69) is 0 Å². The van der Waals surface area contributed by atoms with E-state index in [0.29, 0.717) is 19.8 Å². The Labute approximate surface area is 154 Å². The Morgan fingerprint density at radius 1 is 0.870 bits per heavy atom. The van der Waals surface area contributed by atoms with Crippen LogP contribution in [0, 0.1) is 6.92 Å². The van der Waals surface area contributed by atoms with Crippen LogP contribution in [0.4, 0.5) is 0 Å². The predicted molar refractivity (Wildman–Crippen MR) is 104 cm³/mol. The summed E-state index contributed by atoms with van der Waals surface area (Å²) in [6, 6.07) is 20.0. The maximum atomic E-state index is 12.1. The van der Waals surface area contributed by atoms with E-state index < -0.39 is 0 Å². The molecule has 0 amide bonds. The smallest absolute Gasteiger partial charge is 0.0623 e. The summed E-state index contributed by atoms with van der Waals surface area (Å²) >= 11 is 0. The normalized spacial score (nSPS) is 14.7. The molecular weight excluding hydrogens is 294 g/mol. The molecule has 118 valence electrons. The number of carbonyl (C=O) groups is 1. The van der Waals surface area contributed by atoms with Gasteiger partial charge >= 0.3 is 18.9 Å². The number of hydrogen-bond donors (Lipinski definition) is 0. The molecule has 0 aliphatic heterocycles. The Kier molecular flexibility index (Phi) is 10.2. The first kappa shape index (κ1) is 20.2. The number of rotatable bonds is 3. The zero-order valence-electron chi connectivity index (χ0n) is 13.3. The summed E-state index contributed by atoms with van der Waals surface area (Å²) < 4.78 is 0. The molecule has 3 rings (SSSR count). The van der Waals surface area contributed by atoms with Crippen LogP contribution in [-0.2, 0) is 0 Å². The molecule has 0 bridgehead atoms. The predicted octanol–water partition coefficient (Wildman–Crippen LogP) is 5.18. The van der Waals surface area contributed by atoms with E-state index in [1.54, 1.807) is 0 Å². The van der Waals surface area contributed by atoms with Crippen LogP contribution in [0.2, 0.25) is 0 Å². The quantitative estimate of drug-likeness (QED) is 0.562. The van der Waals surface area contributed by atoms with E-state index >= 15 is 0 Å². The Bertz CT molecular complexity index is 538. The fourth-order valence-electron chi connectivity index (χ4n) is 2.72. The van der Waals surface area contributed by atoms with Crippen molar-refractivity contribution in [3.63, 3.8) is 0 Å². The second kappa shape index (κ2) is 11.6. The summed E-state index contributed by atoms with van der Waals surface area (Å²) in [6.45, 7) is 2.03. The summed E-state index contributed by atoms with van der Waals surface area (Å²) in [6.07, 6.45) is 6.52. The summed E-state index contributed by atoms with van der Waals surface area (Å²) in [7, 11) is 0.490. The van der Waals surface area contributed by atoms with Crippen LogP contribution >= 0.6 is 8.58 Å². The molecule has 23 heavy (non-hydrogen) atoms. The molecule has 0 heterocycles. The Balaban J connectivity index is 0.000000320. The minimum atomic E-state index is 0. The molecule has 1 aliphatic rings. The molecule has 1 atom stereocenters. The molecule has 2 aromatic rings.